The number of imidazole rings is 2. The number of ketones is 6. The highest BCUT2D eigenvalue weighted by atomic mass is 35.5. The molecule has 0 spiro atoms. The van der Waals surface area contributed by atoms with Crippen LogP contribution in [0.1, 0.15) is 199 Å². The largest absolute Gasteiger partial charge is 0.493 e. The van der Waals surface area contributed by atoms with Crippen LogP contribution in [0.4, 0.5) is 28.7 Å². The maximum absolute atomic E-state index is 13.7. The molecule has 10 rings (SSSR count). The second kappa shape index (κ2) is 40.2. The molecule has 0 fully saturated rings. The Morgan fingerprint density at radius 3 is 1.39 bits per heavy atom. The topological polar surface area (TPSA) is 384 Å². The number of aromatic nitrogens is 10. The van der Waals surface area contributed by atoms with Gasteiger partial charge in [0.05, 0.1) is 46.3 Å². The predicted octanol–water partition coefficient (Wildman–Crippen LogP) is 9.88. The highest BCUT2D eigenvalue weighted by Crippen LogP contribution is 2.28. The van der Waals surface area contributed by atoms with Crippen molar-refractivity contribution in [3.63, 3.8) is 0 Å². The number of anilines is 5. The van der Waals surface area contributed by atoms with Crippen molar-refractivity contribution < 1.29 is 67.1 Å². The molecule has 0 unspecified atom stereocenters. The first-order chi connectivity index (χ1) is 56.6. The molecule has 10 aromatic rings. The number of hydrogen-bond donors (Lipinski definition) is 7. The van der Waals surface area contributed by atoms with Crippen molar-refractivity contribution in [3.05, 3.63) is 212 Å². The van der Waals surface area contributed by atoms with E-state index in [9.17, 15) is 62.3 Å². The van der Waals surface area contributed by atoms with Crippen LogP contribution in [0.5, 0.6) is 5.75 Å². The number of nitrogens with one attached hydrogen (secondary N) is 7. The molecule has 8 aromatic heterocycles. The number of nitrogens with zero attached hydrogens (tertiary/aromatic N) is 11. The Morgan fingerprint density at radius 1 is 0.387 bits per heavy atom. The summed E-state index contributed by atoms with van der Waals surface area (Å²) in [6.45, 7) is 5.07. The Labute approximate surface area is 693 Å². The van der Waals surface area contributed by atoms with Gasteiger partial charge in [0.2, 0.25) is 23.5 Å². The van der Waals surface area contributed by atoms with Crippen LogP contribution in [0, 0.1) is 6.92 Å². The maximum atomic E-state index is 13.7. The summed E-state index contributed by atoms with van der Waals surface area (Å²) in [5.41, 5.74) is 7.70. The van der Waals surface area contributed by atoms with Gasteiger partial charge in [0.15, 0.2) is 34.8 Å². The summed E-state index contributed by atoms with van der Waals surface area (Å²) in [6.07, 6.45) is 17.0. The number of Topliss-reactive ketones (excluding diaryl/α,β-unsaturated/α-hetero) is 6. The van der Waals surface area contributed by atoms with E-state index in [1.165, 1.54) is 44.4 Å². The van der Waals surface area contributed by atoms with Gasteiger partial charge >= 0.3 is 0 Å². The lowest BCUT2D eigenvalue weighted by molar-refractivity contribution is -0.122. The molecular weight excluding hydrogens is 1540 g/mol. The Morgan fingerprint density at radius 2 is 0.849 bits per heavy atom. The summed E-state index contributed by atoms with van der Waals surface area (Å²) in [7, 11) is 17.4. The normalized spacial score (nSPS) is 11.2. The number of rotatable bonds is 43. The molecule has 0 aliphatic heterocycles. The average Bonchev–Trinajstić information content (AvgIpc) is 1.66. The first-order valence-electron chi connectivity index (χ1n) is 39.1. The van der Waals surface area contributed by atoms with Crippen LogP contribution < -0.4 is 42.0 Å². The van der Waals surface area contributed by atoms with Crippen LogP contribution in [0.3, 0.4) is 0 Å². The monoisotopic (exact) mass is 1640 g/mol. The van der Waals surface area contributed by atoms with Gasteiger partial charge in [-0.3, -0.25) is 62.3 Å². The molecule has 119 heavy (non-hydrogen) atoms. The van der Waals surface area contributed by atoms with E-state index >= 15 is 0 Å². The molecule has 7 amide bonds. The summed E-state index contributed by atoms with van der Waals surface area (Å²) >= 11 is 6.15. The first kappa shape index (κ1) is 88.3. The van der Waals surface area contributed by atoms with Gasteiger partial charge in [-0.15, -0.1) is 0 Å². The van der Waals surface area contributed by atoms with Gasteiger partial charge in [0, 0.05) is 194 Å². The molecule has 0 saturated carbocycles. The predicted molar refractivity (Wildman–Crippen MR) is 449 cm³/mol. The maximum Gasteiger partial charge on any atom is 0.292 e. The Balaban J connectivity index is 0.601. The van der Waals surface area contributed by atoms with Crippen molar-refractivity contribution >= 4 is 116 Å². The number of aryl methyl sites for hydroxylation is 9. The van der Waals surface area contributed by atoms with Gasteiger partial charge in [-0.1, -0.05) is 17.7 Å². The van der Waals surface area contributed by atoms with E-state index in [1.807, 2.05) is 34.1 Å². The number of hydrogen-bond acceptors (Lipinski definition) is 17. The quantitative estimate of drug-likeness (QED) is 0.0138. The number of carbonyl (C=O) groups is 13. The fourth-order valence-corrected chi connectivity index (χ4v) is 14.1. The Hall–Kier alpha value is -13.1. The third-order valence-electron chi connectivity index (χ3n) is 19.9. The van der Waals surface area contributed by atoms with Gasteiger partial charge in [-0.25, -0.2) is 9.97 Å². The summed E-state index contributed by atoms with van der Waals surface area (Å²) in [6, 6.07) is 20.0. The second-order valence-corrected chi connectivity index (χ2v) is 30.5. The fraction of sp³-hybridized carbons (Fsp3) is 0.360. The van der Waals surface area contributed by atoms with E-state index in [0.717, 1.165) is 30.5 Å². The van der Waals surface area contributed by atoms with Crippen LogP contribution in [0.2, 0.25) is 5.02 Å². The third kappa shape index (κ3) is 24.1. The molecule has 8 heterocycles. The second-order valence-electron chi connectivity index (χ2n) is 30.1. The van der Waals surface area contributed by atoms with Crippen LogP contribution in [-0.4, -0.2) is 168 Å². The number of benzene rings is 2. The minimum Gasteiger partial charge on any atom is -0.493 e. The van der Waals surface area contributed by atoms with E-state index in [2.05, 4.69) is 52.1 Å². The van der Waals surface area contributed by atoms with E-state index in [0.29, 0.717) is 99.5 Å². The molecule has 0 atom stereocenters. The number of halogens is 1. The summed E-state index contributed by atoms with van der Waals surface area (Å²) in [4.78, 5) is 184. The van der Waals surface area contributed by atoms with Gasteiger partial charge in [0.1, 0.15) is 28.7 Å². The number of ether oxygens (including phenoxy) is 1. The standard InChI is InChI=1S/C86H101ClN18O14/c1-13-119-75-26-23-53(34-63(75)82(114)90-58-24-25-64(87)52(2)31-58)32-61(106)19-14-15-22-78(112)88-29-27-79(113)93-76-50-104(11)81(94-76)86(118)96-77-51-105(12)80(95-77)85(117)92-60-43-70(103(10)49-60)84(116)91-59-42-69(102(9)48-59)83(115)89-28-18-20-62(107)33-54-35-66(99(6)44-54)72(109)40-56-37-68(101(8)46-56)74(111)41-57-38-67(100(7)47-57)73(110)39-55-36-65(98(5)45-55)71(108)21-16-17-30-97(3)4/h23-26,31,34-38,42-51H,13-22,27-30,32-33,39-41H2,1-12H3,(H,88,112)(H,89,115)(H,90,114)(H,91,116)(H,92,117)(H,93,113)(H,96,118). The molecule has 0 bridgehead atoms. The molecule has 32 nitrogen and oxygen atoms in total. The van der Waals surface area contributed by atoms with E-state index in [4.69, 9.17) is 16.3 Å². The van der Waals surface area contributed by atoms with Crippen LogP contribution in [0.15, 0.2) is 122 Å². The van der Waals surface area contributed by atoms with Gasteiger partial charge < -0.3 is 83.4 Å². The highest BCUT2D eigenvalue weighted by Gasteiger charge is 2.26. The van der Waals surface area contributed by atoms with Gasteiger partial charge in [-0.05, 0) is 167 Å². The molecular formula is C86H101ClN18O14. The van der Waals surface area contributed by atoms with Crippen molar-refractivity contribution in [1.82, 2.24) is 62.0 Å². The zero-order chi connectivity index (χ0) is 86.1. The van der Waals surface area contributed by atoms with Crippen molar-refractivity contribution in [1.29, 1.82) is 0 Å². The molecule has 0 saturated heterocycles. The molecule has 0 aliphatic carbocycles. The summed E-state index contributed by atoms with van der Waals surface area (Å²) in [5.74, 6) is -3.96. The SMILES string of the molecule is CCOc1ccc(CC(=O)CCCCC(=O)NCCC(=O)Nc2cn(C)c(C(=O)Nc3cn(C)c(C(=O)Nc4cc(C(=O)Nc5cc(C(=O)NCCCC(=O)Cc6cc(C(=O)Cc7cc(C(=O)Cc8cc(C(=O)Cc9cc(C(=O)CCCCN(C)C)n(C)c9)n(C)c8)n(C)c7)n(C)c6)n(C)c5)n(C)c4)n3)n2)cc1C(=O)Nc1ccc(Cl)c(C)c1. The molecule has 33 heteroatoms. The van der Waals surface area contributed by atoms with E-state index in [1.54, 1.807) is 165 Å². The highest BCUT2D eigenvalue weighted by molar-refractivity contribution is 6.31. The number of unbranched alkanes of at least 4 members (excludes halogenated alkanes) is 2. The average molecular weight is 1650 g/mol. The van der Waals surface area contributed by atoms with Crippen LogP contribution in [0.25, 0.3) is 0 Å². The lowest BCUT2D eigenvalue weighted by Crippen LogP contribution is -2.27. The van der Waals surface area contributed by atoms with Crippen molar-refractivity contribution in [2.45, 2.75) is 110 Å². The number of carbonyl (C=O) groups excluding carboxylic acids is 13. The molecule has 7 N–H and O–H groups in total. The number of amides is 7. The lowest BCUT2D eigenvalue weighted by Gasteiger charge is -2.13. The smallest absolute Gasteiger partial charge is 0.292 e. The molecule has 0 aliphatic rings. The lowest BCUT2D eigenvalue weighted by atomic mass is 10.0. The Bertz CT molecular complexity index is 5530. The van der Waals surface area contributed by atoms with Gasteiger partial charge in [-0.2, -0.15) is 0 Å². The molecule has 626 valence electrons. The van der Waals surface area contributed by atoms with Crippen molar-refractivity contribution in [2.24, 2.45) is 56.4 Å². The zero-order valence-corrected chi connectivity index (χ0v) is 69.8. The molecule has 2 aromatic carbocycles. The summed E-state index contributed by atoms with van der Waals surface area (Å²) < 4.78 is 18.3. The third-order valence-corrected chi connectivity index (χ3v) is 20.3. The minimum absolute atomic E-state index is 0.00476. The van der Waals surface area contributed by atoms with E-state index in [-0.39, 0.29) is 157 Å². The van der Waals surface area contributed by atoms with E-state index < -0.39 is 35.4 Å². The van der Waals surface area contributed by atoms with Crippen molar-refractivity contribution in [3.8, 4) is 5.75 Å². The minimum atomic E-state index is -0.707. The zero-order valence-electron chi connectivity index (χ0n) is 69.0. The van der Waals surface area contributed by atoms with Crippen molar-refractivity contribution in [2.75, 3.05) is 66.9 Å². The van der Waals surface area contributed by atoms with Gasteiger partial charge in [0.25, 0.3) is 29.5 Å². The fourth-order valence-electron chi connectivity index (χ4n) is 13.9. The van der Waals surface area contributed by atoms with Crippen LogP contribution >= 0.6 is 11.6 Å². The molecule has 0 radical (unpaired) electrons. The van der Waals surface area contributed by atoms with Crippen LogP contribution in [-0.2, 0) is 108 Å². The Kier molecular flexibility index (Phi) is 29.8. The first-order valence-corrected chi connectivity index (χ1v) is 39.5. The summed E-state index contributed by atoms with van der Waals surface area (Å²) in [5, 5.41) is 19.7.